The lowest BCUT2D eigenvalue weighted by Crippen LogP contribution is -2.38. The first-order valence-electron chi connectivity index (χ1n) is 10.6. The summed E-state index contributed by atoms with van der Waals surface area (Å²) in [6.45, 7) is 2.36. The smallest absolute Gasteiger partial charge is 0.323 e. The van der Waals surface area contributed by atoms with Crippen LogP contribution in [0.4, 0.5) is 15.6 Å². The molecule has 0 spiro atoms. The van der Waals surface area contributed by atoms with E-state index < -0.39 is 5.97 Å². The van der Waals surface area contributed by atoms with Crippen molar-refractivity contribution in [2.45, 2.75) is 48.8 Å². The van der Waals surface area contributed by atoms with E-state index in [1.807, 2.05) is 4.90 Å². The molecule has 1 aromatic heterocycles. The molecule has 2 N–H and O–H groups in total. The molecule has 8 nitrogen and oxygen atoms in total. The fraction of sp³-hybridized carbons (Fsp3) is 0.455. The third-order valence-electron chi connectivity index (χ3n) is 6.17. The van der Waals surface area contributed by atoms with Crippen LogP contribution in [0.1, 0.15) is 43.2 Å². The number of aliphatic carboxylic acids is 1. The van der Waals surface area contributed by atoms with Gasteiger partial charge in [-0.25, -0.2) is 9.78 Å². The Morgan fingerprint density at radius 2 is 2.16 bits per heavy atom. The van der Waals surface area contributed by atoms with E-state index >= 15 is 0 Å². The van der Waals surface area contributed by atoms with Gasteiger partial charge in [0.25, 0.3) is 0 Å². The van der Waals surface area contributed by atoms with E-state index in [1.165, 1.54) is 34.2 Å². The molecule has 2 heterocycles. The molecule has 32 heavy (non-hydrogen) atoms. The van der Waals surface area contributed by atoms with Crippen molar-refractivity contribution in [3.05, 3.63) is 35.5 Å². The number of carbonyl (C=O) groups is 3. The largest absolute Gasteiger partial charge is 0.481 e. The topological polar surface area (TPSA) is 103 Å². The van der Waals surface area contributed by atoms with Gasteiger partial charge in [-0.05, 0) is 48.8 Å². The molecule has 1 saturated carbocycles. The zero-order valence-electron chi connectivity index (χ0n) is 18.0. The minimum absolute atomic E-state index is 0.0359. The molecule has 1 fully saturated rings. The third kappa shape index (κ3) is 4.91. The predicted octanol–water partition coefficient (Wildman–Crippen LogP) is 4.03. The first kappa shape index (κ1) is 22.6. The molecule has 170 valence electrons. The lowest BCUT2D eigenvalue weighted by atomic mass is 9.95. The van der Waals surface area contributed by atoms with Gasteiger partial charge in [0.05, 0.1) is 16.2 Å². The first-order valence-corrected chi connectivity index (χ1v) is 12.4. The Morgan fingerprint density at radius 3 is 2.91 bits per heavy atom. The van der Waals surface area contributed by atoms with E-state index in [4.69, 9.17) is 5.11 Å². The van der Waals surface area contributed by atoms with Gasteiger partial charge < -0.3 is 14.9 Å². The quantitative estimate of drug-likeness (QED) is 0.613. The van der Waals surface area contributed by atoms with Gasteiger partial charge in [0.2, 0.25) is 5.91 Å². The van der Waals surface area contributed by atoms with Gasteiger partial charge >= 0.3 is 12.0 Å². The number of nitrogens with zero attached hydrogens (tertiary/aromatic N) is 3. The minimum Gasteiger partial charge on any atom is -0.481 e. The Kier molecular flexibility index (Phi) is 6.71. The second kappa shape index (κ2) is 9.50. The number of thiazole rings is 1. The van der Waals surface area contributed by atoms with Gasteiger partial charge in [0.15, 0.2) is 5.13 Å². The van der Waals surface area contributed by atoms with Crippen LogP contribution in [0.5, 0.6) is 0 Å². The SMILES string of the molecule is CC(=O)N1CCc2ccc(C3CCC(N(C)C(=O)Nc4ncc(SCC(=O)O)s4)C3)cc21. The zero-order valence-corrected chi connectivity index (χ0v) is 19.7. The highest BCUT2D eigenvalue weighted by Gasteiger charge is 2.32. The van der Waals surface area contributed by atoms with Crippen LogP contribution in [-0.4, -0.2) is 58.3 Å². The average molecular weight is 475 g/mol. The number of thioether (sulfide) groups is 1. The maximum atomic E-state index is 12.7. The third-order valence-corrected chi connectivity index (χ3v) is 8.26. The Labute approximate surface area is 195 Å². The van der Waals surface area contributed by atoms with Gasteiger partial charge in [-0.3, -0.25) is 14.9 Å². The van der Waals surface area contributed by atoms with E-state index in [0.29, 0.717) is 11.0 Å². The second-order valence-corrected chi connectivity index (χ2v) is 10.5. The molecular weight excluding hydrogens is 448 g/mol. The van der Waals surface area contributed by atoms with Crippen molar-refractivity contribution in [3.63, 3.8) is 0 Å². The molecule has 4 rings (SSSR count). The summed E-state index contributed by atoms with van der Waals surface area (Å²) in [4.78, 5) is 43.1. The van der Waals surface area contributed by atoms with Crippen LogP contribution < -0.4 is 10.2 Å². The number of benzene rings is 1. The maximum absolute atomic E-state index is 12.7. The van der Waals surface area contributed by atoms with Gasteiger partial charge in [-0.15, -0.1) is 11.8 Å². The van der Waals surface area contributed by atoms with Crippen molar-refractivity contribution in [1.82, 2.24) is 9.88 Å². The summed E-state index contributed by atoms with van der Waals surface area (Å²) in [7, 11) is 1.80. The number of anilines is 2. The molecule has 0 bridgehead atoms. The minimum atomic E-state index is -0.887. The number of amides is 3. The monoisotopic (exact) mass is 474 g/mol. The van der Waals surface area contributed by atoms with Gasteiger partial charge in [0, 0.05) is 32.2 Å². The highest BCUT2D eigenvalue weighted by molar-refractivity contribution is 8.01. The maximum Gasteiger partial charge on any atom is 0.323 e. The van der Waals surface area contributed by atoms with E-state index in [2.05, 4.69) is 28.5 Å². The lowest BCUT2D eigenvalue weighted by Gasteiger charge is -2.24. The summed E-state index contributed by atoms with van der Waals surface area (Å²) >= 11 is 2.46. The van der Waals surface area contributed by atoms with Crippen LogP contribution in [-0.2, 0) is 16.0 Å². The van der Waals surface area contributed by atoms with Crippen LogP contribution in [0.15, 0.2) is 28.6 Å². The molecule has 2 aliphatic rings. The summed E-state index contributed by atoms with van der Waals surface area (Å²) in [5, 5.41) is 12.1. The molecule has 1 aliphatic heterocycles. The van der Waals surface area contributed by atoms with Crippen LogP contribution in [0, 0.1) is 0 Å². The molecule has 1 aromatic carbocycles. The zero-order chi connectivity index (χ0) is 22.8. The Bertz CT molecular complexity index is 1040. The van der Waals surface area contributed by atoms with Crippen molar-refractivity contribution in [2.75, 3.05) is 29.6 Å². The number of carboxylic acid groups (broad SMARTS) is 1. The fourth-order valence-electron chi connectivity index (χ4n) is 4.45. The number of urea groups is 1. The molecule has 2 atom stereocenters. The summed E-state index contributed by atoms with van der Waals surface area (Å²) in [5.74, 6) is -0.491. The number of hydrogen-bond donors (Lipinski definition) is 2. The number of carboxylic acids is 1. The van der Waals surface area contributed by atoms with Crippen LogP contribution in [0.3, 0.4) is 0 Å². The Balaban J connectivity index is 1.35. The number of aromatic nitrogens is 1. The predicted molar refractivity (Wildman–Crippen MR) is 126 cm³/mol. The van der Waals surface area contributed by atoms with Crippen molar-refractivity contribution in [1.29, 1.82) is 0 Å². The lowest BCUT2D eigenvalue weighted by molar-refractivity contribution is -0.133. The number of carbonyl (C=O) groups excluding carboxylic acids is 2. The highest BCUT2D eigenvalue weighted by atomic mass is 32.2. The number of fused-ring (bicyclic) bond motifs is 1. The summed E-state index contributed by atoms with van der Waals surface area (Å²) in [6, 6.07) is 6.37. The van der Waals surface area contributed by atoms with Crippen LogP contribution in [0.2, 0.25) is 0 Å². The van der Waals surface area contributed by atoms with Crippen molar-refractivity contribution in [3.8, 4) is 0 Å². The fourth-order valence-corrected chi connectivity index (χ4v) is 6.03. The molecule has 0 saturated heterocycles. The van der Waals surface area contributed by atoms with E-state index in [9.17, 15) is 14.4 Å². The van der Waals surface area contributed by atoms with Gasteiger partial charge in [-0.1, -0.05) is 23.5 Å². The summed E-state index contributed by atoms with van der Waals surface area (Å²) < 4.78 is 0.752. The van der Waals surface area contributed by atoms with Crippen molar-refractivity contribution >= 4 is 51.8 Å². The van der Waals surface area contributed by atoms with Crippen molar-refractivity contribution < 1.29 is 19.5 Å². The summed E-state index contributed by atoms with van der Waals surface area (Å²) in [5.41, 5.74) is 3.48. The molecule has 1 aliphatic carbocycles. The Morgan fingerprint density at radius 1 is 1.34 bits per heavy atom. The van der Waals surface area contributed by atoms with E-state index in [0.717, 1.165) is 42.1 Å². The number of nitrogens with one attached hydrogen (secondary N) is 1. The van der Waals surface area contributed by atoms with Crippen LogP contribution in [0.25, 0.3) is 0 Å². The molecule has 3 amide bonds. The van der Waals surface area contributed by atoms with Crippen LogP contribution >= 0.6 is 23.1 Å². The average Bonchev–Trinajstić information content (AvgIpc) is 3.50. The van der Waals surface area contributed by atoms with Gasteiger partial charge in [-0.2, -0.15) is 0 Å². The van der Waals surface area contributed by atoms with E-state index in [-0.39, 0.29) is 23.7 Å². The first-order chi connectivity index (χ1) is 15.3. The van der Waals surface area contributed by atoms with E-state index in [1.54, 1.807) is 25.1 Å². The molecule has 2 unspecified atom stereocenters. The number of rotatable bonds is 6. The standard InChI is InChI=1S/C22H26N4O4S2/c1-13(27)26-8-7-14-3-4-16(10-18(14)26)15-5-6-17(9-15)25(2)22(30)24-21-23-11-20(32-21)31-12-19(28)29/h3-4,10-11,15,17H,5-9,12H2,1-2H3,(H,28,29)(H,23,24,30). The Hall–Kier alpha value is -2.59. The van der Waals surface area contributed by atoms with Crippen molar-refractivity contribution in [2.24, 2.45) is 0 Å². The number of hydrogen-bond acceptors (Lipinski definition) is 6. The highest BCUT2D eigenvalue weighted by Crippen LogP contribution is 2.40. The normalized spacial score (nSPS) is 19.6. The molecule has 0 radical (unpaired) electrons. The second-order valence-electron chi connectivity index (χ2n) is 8.18. The molecule has 2 aromatic rings. The summed E-state index contributed by atoms with van der Waals surface area (Å²) in [6.07, 6.45) is 5.27. The molecule has 10 heteroatoms. The van der Waals surface area contributed by atoms with Gasteiger partial charge in [0.1, 0.15) is 0 Å². The molecular formula is C22H26N4O4S2.